The maximum Gasteiger partial charge on any atom is 0.416 e. The minimum Gasteiger partial charge on any atom is -0.339 e. The van der Waals surface area contributed by atoms with Gasteiger partial charge >= 0.3 is 12.4 Å². The van der Waals surface area contributed by atoms with Crippen molar-refractivity contribution in [1.82, 2.24) is 9.21 Å². The number of sulfonamides is 1. The Balaban J connectivity index is 2.25. The Morgan fingerprint density at radius 1 is 1.00 bits per heavy atom. The van der Waals surface area contributed by atoms with Crippen molar-refractivity contribution in [1.29, 1.82) is 0 Å². The molecular formula is C16H18F6N2O3S. The molecule has 28 heavy (non-hydrogen) atoms. The summed E-state index contributed by atoms with van der Waals surface area (Å²) in [6.07, 6.45) is -8.62. The van der Waals surface area contributed by atoms with Gasteiger partial charge in [-0.05, 0) is 31.0 Å². The summed E-state index contributed by atoms with van der Waals surface area (Å²) in [4.78, 5) is 13.6. The van der Waals surface area contributed by atoms with Crippen LogP contribution in [0.25, 0.3) is 0 Å². The molecule has 5 nitrogen and oxygen atoms in total. The molecular weight excluding hydrogens is 414 g/mol. The van der Waals surface area contributed by atoms with Crippen LogP contribution in [0.2, 0.25) is 0 Å². The number of alkyl halides is 6. The summed E-state index contributed by atoms with van der Waals surface area (Å²) in [5.41, 5.74) is -3.83. The molecule has 0 aromatic heterocycles. The first-order valence-corrected chi connectivity index (χ1v) is 9.97. The zero-order chi connectivity index (χ0) is 21.5. The highest BCUT2D eigenvalue weighted by atomic mass is 32.2. The lowest BCUT2D eigenvalue weighted by molar-refractivity contribution is -0.143. The van der Waals surface area contributed by atoms with Crippen molar-refractivity contribution in [3.05, 3.63) is 34.9 Å². The van der Waals surface area contributed by atoms with Crippen LogP contribution in [0.3, 0.4) is 0 Å². The summed E-state index contributed by atoms with van der Waals surface area (Å²) in [6, 6.07) is 0.356. The van der Waals surface area contributed by atoms with Crippen LogP contribution in [0, 0.1) is 0 Å². The maximum absolute atomic E-state index is 12.9. The largest absolute Gasteiger partial charge is 0.416 e. The third kappa shape index (κ3) is 5.16. The first kappa shape index (κ1) is 22.5. The molecule has 1 fully saturated rings. The summed E-state index contributed by atoms with van der Waals surface area (Å²) >= 11 is 0. The second-order valence-electron chi connectivity index (χ2n) is 6.60. The zero-order valence-corrected chi connectivity index (χ0v) is 15.7. The number of hydrogen-bond donors (Lipinski definition) is 0. The maximum atomic E-state index is 12.9. The van der Waals surface area contributed by atoms with E-state index in [0.717, 1.165) is 15.5 Å². The van der Waals surface area contributed by atoms with Crippen LogP contribution >= 0.6 is 0 Å². The van der Waals surface area contributed by atoms with E-state index in [4.69, 9.17) is 0 Å². The Morgan fingerprint density at radius 2 is 1.43 bits per heavy atom. The topological polar surface area (TPSA) is 57.7 Å². The van der Waals surface area contributed by atoms with E-state index in [1.165, 1.54) is 7.05 Å². The van der Waals surface area contributed by atoms with Gasteiger partial charge in [-0.1, -0.05) is 0 Å². The van der Waals surface area contributed by atoms with Crippen LogP contribution in [0.5, 0.6) is 0 Å². The monoisotopic (exact) mass is 432 g/mol. The molecule has 0 unspecified atom stereocenters. The Kier molecular flexibility index (Phi) is 6.05. The molecule has 158 valence electrons. The van der Waals surface area contributed by atoms with E-state index in [9.17, 15) is 39.6 Å². The predicted octanol–water partition coefficient (Wildman–Crippen LogP) is 3.22. The van der Waals surface area contributed by atoms with Crippen molar-refractivity contribution in [2.45, 2.75) is 31.2 Å². The van der Waals surface area contributed by atoms with Gasteiger partial charge < -0.3 is 4.90 Å². The third-order valence-corrected chi connectivity index (χ3v) is 5.97. The number of hydrogen-bond acceptors (Lipinski definition) is 3. The van der Waals surface area contributed by atoms with E-state index < -0.39 is 51.0 Å². The average Bonchev–Trinajstić information content (AvgIpc) is 2.58. The van der Waals surface area contributed by atoms with E-state index in [0.29, 0.717) is 12.1 Å². The molecule has 2 rings (SSSR count). The molecule has 12 heteroatoms. The predicted molar refractivity (Wildman–Crippen MR) is 88.0 cm³/mol. The van der Waals surface area contributed by atoms with E-state index in [1.807, 2.05) is 0 Å². The van der Waals surface area contributed by atoms with Crippen molar-refractivity contribution in [2.24, 2.45) is 0 Å². The van der Waals surface area contributed by atoms with Crippen LogP contribution in [0.15, 0.2) is 18.2 Å². The molecule has 0 spiro atoms. The Hall–Kier alpha value is -1.82. The number of amides is 1. The normalized spacial score (nSPS) is 17.2. The van der Waals surface area contributed by atoms with Gasteiger partial charge in [0.25, 0.3) is 5.91 Å². The lowest BCUT2D eigenvalue weighted by Gasteiger charge is -2.35. The molecule has 1 amide bonds. The molecule has 1 saturated heterocycles. The molecule has 1 heterocycles. The van der Waals surface area contributed by atoms with Crippen molar-refractivity contribution < 1.29 is 39.6 Å². The van der Waals surface area contributed by atoms with Gasteiger partial charge in [-0.15, -0.1) is 0 Å². The molecule has 1 aromatic rings. The number of nitrogens with zero attached hydrogens (tertiary/aromatic N) is 2. The van der Waals surface area contributed by atoms with Gasteiger partial charge in [0.15, 0.2) is 0 Å². The summed E-state index contributed by atoms with van der Waals surface area (Å²) in [5.74, 6) is -0.961. The van der Waals surface area contributed by atoms with Crippen molar-refractivity contribution >= 4 is 15.9 Å². The molecule has 0 radical (unpaired) electrons. The molecule has 1 aromatic carbocycles. The number of rotatable bonds is 3. The van der Waals surface area contributed by atoms with Gasteiger partial charge in [-0.2, -0.15) is 26.3 Å². The van der Waals surface area contributed by atoms with E-state index >= 15 is 0 Å². The van der Waals surface area contributed by atoms with E-state index in [-0.39, 0.29) is 32.0 Å². The molecule has 0 atom stereocenters. The van der Waals surface area contributed by atoms with Crippen LogP contribution in [-0.2, 0) is 22.4 Å². The van der Waals surface area contributed by atoms with Gasteiger partial charge in [-0.25, -0.2) is 12.7 Å². The molecule has 0 saturated carbocycles. The molecule has 1 aliphatic rings. The highest BCUT2D eigenvalue weighted by Crippen LogP contribution is 2.36. The van der Waals surface area contributed by atoms with Gasteiger partial charge in [0.2, 0.25) is 10.0 Å². The first-order chi connectivity index (χ1) is 12.6. The number of piperidine rings is 1. The Bertz CT molecular complexity index is 811. The summed E-state index contributed by atoms with van der Waals surface area (Å²) in [7, 11) is -2.08. The number of likely N-dealkylation sites (tertiary alicyclic amines) is 1. The Labute approximate surface area is 158 Å². The highest BCUT2D eigenvalue weighted by molar-refractivity contribution is 7.88. The highest BCUT2D eigenvalue weighted by Gasteiger charge is 2.38. The molecule has 0 aliphatic carbocycles. The van der Waals surface area contributed by atoms with Gasteiger partial charge in [0.1, 0.15) is 0 Å². The fourth-order valence-corrected chi connectivity index (χ4v) is 3.72. The van der Waals surface area contributed by atoms with Gasteiger partial charge in [0.05, 0.1) is 17.4 Å². The number of carbonyl (C=O) groups is 1. The van der Waals surface area contributed by atoms with Crippen molar-refractivity contribution in [3.8, 4) is 0 Å². The fraction of sp³-hybridized carbons (Fsp3) is 0.562. The molecule has 0 N–H and O–H groups in total. The van der Waals surface area contributed by atoms with Crippen LogP contribution in [0.1, 0.15) is 34.3 Å². The first-order valence-electron chi connectivity index (χ1n) is 8.12. The van der Waals surface area contributed by atoms with E-state index in [2.05, 4.69) is 0 Å². The van der Waals surface area contributed by atoms with Crippen LogP contribution in [0.4, 0.5) is 26.3 Å². The SMILES string of the molecule is CN(C1CCN(C(=O)c2cc(C(F)(F)F)cc(C(F)(F)F)c2)CC1)S(C)(=O)=O. The quantitative estimate of drug-likeness (QED) is 0.690. The average molecular weight is 432 g/mol. The van der Waals surface area contributed by atoms with Gasteiger partial charge in [-0.3, -0.25) is 4.79 Å². The van der Waals surface area contributed by atoms with Crippen LogP contribution < -0.4 is 0 Å². The summed E-state index contributed by atoms with van der Waals surface area (Å²) in [6.45, 7) is 0.0297. The lowest BCUT2D eigenvalue weighted by atomic mass is 10.0. The third-order valence-electron chi connectivity index (χ3n) is 4.62. The van der Waals surface area contributed by atoms with Crippen molar-refractivity contribution in [3.63, 3.8) is 0 Å². The Morgan fingerprint density at radius 3 is 1.79 bits per heavy atom. The van der Waals surface area contributed by atoms with Crippen molar-refractivity contribution in [2.75, 3.05) is 26.4 Å². The number of halogens is 6. The van der Waals surface area contributed by atoms with Gasteiger partial charge in [0, 0.05) is 31.7 Å². The second-order valence-corrected chi connectivity index (χ2v) is 8.64. The number of carbonyl (C=O) groups excluding carboxylic acids is 1. The van der Waals surface area contributed by atoms with Crippen LogP contribution in [-0.4, -0.2) is 56.0 Å². The fourth-order valence-electron chi connectivity index (χ4n) is 2.96. The lowest BCUT2D eigenvalue weighted by Crippen LogP contribution is -2.47. The minimum atomic E-state index is -5.04. The molecule has 0 bridgehead atoms. The van der Waals surface area contributed by atoms with E-state index in [1.54, 1.807) is 0 Å². The smallest absolute Gasteiger partial charge is 0.339 e. The second kappa shape index (κ2) is 7.54. The molecule has 1 aliphatic heterocycles. The minimum absolute atomic E-state index is 0.0148. The standard InChI is InChI=1S/C16H18F6N2O3S/c1-23(28(2,26)27)13-3-5-24(6-4-13)14(25)10-7-11(15(17,18)19)9-12(8-10)16(20,21)22/h7-9,13H,3-6H2,1-2H3. The zero-order valence-electron chi connectivity index (χ0n) is 14.9. The summed E-state index contributed by atoms with van der Waals surface area (Å²) in [5, 5.41) is 0. The summed E-state index contributed by atoms with van der Waals surface area (Å²) < 4.78 is 102. The number of benzene rings is 1.